The molecule has 0 unspecified atom stereocenters. The molecular formula is C16H15N3O2S. The molecule has 5 nitrogen and oxygen atoms in total. The number of benzene rings is 1. The van der Waals surface area contributed by atoms with E-state index in [9.17, 15) is 4.79 Å². The summed E-state index contributed by atoms with van der Waals surface area (Å²) in [5, 5.41) is 5.64. The highest BCUT2D eigenvalue weighted by atomic mass is 32.1. The van der Waals surface area contributed by atoms with Gasteiger partial charge in [0.05, 0.1) is 6.61 Å². The first kappa shape index (κ1) is 13.5. The Bertz CT molecular complexity index is 831. The van der Waals surface area contributed by atoms with Crippen LogP contribution in [0.4, 0.5) is 0 Å². The molecule has 0 bridgehead atoms. The number of ether oxygens (including phenoxy) is 1. The van der Waals surface area contributed by atoms with Crippen LogP contribution < -0.4 is 4.74 Å². The Morgan fingerprint density at radius 3 is 2.77 bits per heavy atom. The summed E-state index contributed by atoms with van der Waals surface area (Å²) >= 11 is 1.58. The van der Waals surface area contributed by atoms with Gasteiger partial charge in [-0.2, -0.15) is 9.61 Å². The fourth-order valence-electron chi connectivity index (χ4n) is 2.47. The van der Waals surface area contributed by atoms with Crippen LogP contribution in [0.1, 0.15) is 41.2 Å². The molecule has 6 heteroatoms. The summed E-state index contributed by atoms with van der Waals surface area (Å²) < 4.78 is 7.12. The molecule has 0 saturated heterocycles. The van der Waals surface area contributed by atoms with Crippen LogP contribution in [0.15, 0.2) is 24.3 Å². The first-order valence-electron chi connectivity index (χ1n) is 7.38. The van der Waals surface area contributed by atoms with Crippen LogP contribution in [0.25, 0.3) is 16.2 Å². The van der Waals surface area contributed by atoms with Crippen molar-refractivity contribution in [1.82, 2.24) is 14.6 Å². The van der Waals surface area contributed by atoms with Gasteiger partial charge >= 0.3 is 0 Å². The van der Waals surface area contributed by atoms with E-state index in [1.54, 1.807) is 15.9 Å². The molecule has 0 N–H and O–H groups in total. The second kappa shape index (κ2) is 5.21. The van der Waals surface area contributed by atoms with Crippen molar-refractivity contribution in [2.75, 3.05) is 6.61 Å². The summed E-state index contributed by atoms with van der Waals surface area (Å²) in [7, 11) is 0. The van der Waals surface area contributed by atoms with Gasteiger partial charge in [-0.1, -0.05) is 11.3 Å². The van der Waals surface area contributed by atoms with Crippen LogP contribution >= 0.6 is 11.3 Å². The van der Waals surface area contributed by atoms with Crippen LogP contribution in [0.2, 0.25) is 0 Å². The van der Waals surface area contributed by atoms with E-state index in [1.165, 1.54) is 12.8 Å². The Labute approximate surface area is 131 Å². The first-order chi connectivity index (χ1) is 10.8. The van der Waals surface area contributed by atoms with Crippen molar-refractivity contribution in [2.45, 2.75) is 25.7 Å². The Morgan fingerprint density at radius 2 is 2.14 bits per heavy atom. The number of hydrogen-bond acceptors (Lipinski definition) is 5. The van der Waals surface area contributed by atoms with Crippen LogP contribution in [-0.2, 0) is 0 Å². The maximum absolute atomic E-state index is 11.5. The van der Waals surface area contributed by atoms with E-state index in [0.29, 0.717) is 23.9 Å². The number of nitrogens with zero attached hydrogens (tertiary/aromatic N) is 3. The molecule has 2 heterocycles. The van der Waals surface area contributed by atoms with Crippen LogP contribution in [0.5, 0.6) is 5.75 Å². The second-order valence-corrected chi connectivity index (χ2v) is 6.32. The zero-order valence-corrected chi connectivity index (χ0v) is 13.0. The summed E-state index contributed by atoms with van der Waals surface area (Å²) in [6, 6.07) is 7.63. The molecule has 1 aliphatic carbocycles. The summed E-state index contributed by atoms with van der Waals surface area (Å²) in [5.74, 6) is 1.38. The highest BCUT2D eigenvalue weighted by molar-refractivity contribution is 7.16. The van der Waals surface area contributed by atoms with Crippen molar-refractivity contribution in [3.63, 3.8) is 0 Å². The third-order valence-electron chi connectivity index (χ3n) is 3.73. The van der Waals surface area contributed by atoms with Crippen molar-refractivity contribution in [1.29, 1.82) is 0 Å². The molecule has 0 atom stereocenters. The number of aromatic nitrogens is 3. The lowest BCUT2D eigenvalue weighted by Crippen LogP contribution is -1.95. The first-order valence-corrected chi connectivity index (χ1v) is 8.19. The van der Waals surface area contributed by atoms with Gasteiger partial charge in [0.15, 0.2) is 6.29 Å². The smallest absolute Gasteiger partial charge is 0.213 e. The van der Waals surface area contributed by atoms with Gasteiger partial charge in [0, 0.05) is 11.5 Å². The van der Waals surface area contributed by atoms with Gasteiger partial charge in [0.1, 0.15) is 22.1 Å². The lowest BCUT2D eigenvalue weighted by atomic mass is 10.1. The maximum Gasteiger partial charge on any atom is 0.213 e. The van der Waals surface area contributed by atoms with Crippen molar-refractivity contribution in [2.24, 2.45) is 0 Å². The highest BCUT2D eigenvalue weighted by Gasteiger charge is 2.29. The summed E-state index contributed by atoms with van der Waals surface area (Å²) in [6.45, 7) is 2.58. The number of fused-ring (bicyclic) bond motifs is 1. The monoisotopic (exact) mass is 313 g/mol. The Kier molecular flexibility index (Phi) is 3.18. The number of rotatable bonds is 5. The zero-order chi connectivity index (χ0) is 15.1. The van der Waals surface area contributed by atoms with Crippen molar-refractivity contribution >= 4 is 22.6 Å². The van der Waals surface area contributed by atoms with E-state index < -0.39 is 0 Å². The van der Waals surface area contributed by atoms with E-state index in [2.05, 4.69) is 10.1 Å². The Morgan fingerprint density at radius 1 is 1.36 bits per heavy atom. The number of carbonyl (C=O) groups excluding carboxylic acids is 1. The van der Waals surface area contributed by atoms with E-state index in [4.69, 9.17) is 4.74 Å². The molecule has 0 aliphatic heterocycles. The predicted octanol–water partition coefficient (Wildman–Crippen LogP) is 3.55. The molecule has 0 spiro atoms. The normalized spacial score (nSPS) is 14.4. The number of carbonyl (C=O) groups is 1. The highest BCUT2D eigenvalue weighted by Crippen LogP contribution is 2.42. The van der Waals surface area contributed by atoms with Gasteiger partial charge in [-0.05, 0) is 44.0 Å². The fraction of sp³-hybridized carbons (Fsp3) is 0.312. The molecule has 22 heavy (non-hydrogen) atoms. The third-order valence-corrected chi connectivity index (χ3v) is 4.80. The van der Waals surface area contributed by atoms with Crippen LogP contribution in [0, 0.1) is 0 Å². The summed E-state index contributed by atoms with van der Waals surface area (Å²) in [4.78, 5) is 16.9. The van der Waals surface area contributed by atoms with E-state index in [0.717, 1.165) is 27.6 Å². The van der Waals surface area contributed by atoms with Crippen molar-refractivity contribution in [3.05, 3.63) is 35.0 Å². The largest absolute Gasteiger partial charge is 0.494 e. The Balaban J connectivity index is 1.76. The number of hydrogen-bond donors (Lipinski definition) is 0. The van der Waals surface area contributed by atoms with Crippen molar-refractivity contribution < 1.29 is 9.53 Å². The lowest BCUT2D eigenvalue weighted by Gasteiger charge is -2.03. The van der Waals surface area contributed by atoms with Crippen molar-refractivity contribution in [3.8, 4) is 17.0 Å². The SMILES string of the molecule is CCOc1ccc(-c2nc3sc(C4CC4)nn3c2C=O)cc1. The van der Waals surface area contributed by atoms with E-state index >= 15 is 0 Å². The predicted molar refractivity (Wildman–Crippen MR) is 84.8 cm³/mol. The molecule has 0 amide bonds. The molecule has 2 aromatic heterocycles. The molecule has 3 aromatic rings. The second-order valence-electron chi connectivity index (χ2n) is 5.33. The topological polar surface area (TPSA) is 56.5 Å². The number of aldehydes is 1. The molecule has 112 valence electrons. The standard InChI is InChI=1S/C16H15N3O2S/c1-2-21-12-7-5-10(6-8-12)14-13(9-20)19-16(17-14)22-15(18-19)11-3-4-11/h5-9,11H,2-4H2,1H3. The van der Waals surface area contributed by atoms with Gasteiger partial charge < -0.3 is 4.74 Å². The minimum Gasteiger partial charge on any atom is -0.494 e. The van der Waals surface area contributed by atoms with Gasteiger partial charge in [-0.3, -0.25) is 4.79 Å². The molecule has 1 saturated carbocycles. The molecular weight excluding hydrogens is 298 g/mol. The molecule has 4 rings (SSSR count). The summed E-state index contributed by atoms with van der Waals surface area (Å²) in [5.41, 5.74) is 2.10. The van der Waals surface area contributed by atoms with Gasteiger partial charge in [0.2, 0.25) is 4.96 Å². The maximum atomic E-state index is 11.5. The number of imidazole rings is 1. The van der Waals surface area contributed by atoms with Gasteiger partial charge in [-0.15, -0.1) is 0 Å². The minimum atomic E-state index is 0.516. The van der Waals surface area contributed by atoms with E-state index in [-0.39, 0.29) is 0 Å². The average molecular weight is 313 g/mol. The average Bonchev–Trinajstić information content (AvgIpc) is 3.21. The van der Waals surface area contributed by atoms with Gasteiger partial charge in [0.25, 0.3) is 0 Å². The quantitative estimate of drug-likeness (QED) is 0.676. The molecule has 1 fully saturated rings. The van der Waals surface area contributed by atoms with Crippen LogP contribution in [-0.4, -0.2) is 27.5 Å². The minimum absolute atomic E-state index is 0.516. The molecule has 1 aromatic carbocycles. The molecule has 1 aliphatic rings. The zero-order valence-electron chi connectivity index (χ0n) is 12.2. The van der Waals surface area contributed by atoms with E-state index in [1.807, 2.05) is 31.2 Å². The lowest BCUT2D eigenvalue weighted by molar-refractivity contribution is 0.111. The van der Waals surface area contributed by atoms with Crippen LogP contribution in [0.3, 0.4) is 0 Å². The fourth-order valence-corrected chi connectivity index (χ4v) is 3.54. The third kappa shape index (κ3) is 2.20. The summed E-state index contributed by atoms with van der Waals surface area (Å²) in [6.07, 6.45) is 3.22. The molecule has 0 radical (unpaired) electrons. The Hall–Kier alpha value is -2.21. The van der Waals surface area contributed by atoms with Gasteiger partial charge in [-0.25, -0.2) is 4.98 Å².